The highest BCUT2D eigenvalue weighted by Crippen LogP contribution is 2.70. The molecule has 0 bridgehead atoms. The van der Waals surface area contributed by atoms with Crippen LogP contribution in [0.25, 0.3) is 0 Å². The van der Waals surface area contributed by atoms with Crippen molar-refractivity contribution in [2.45, 2.75) is 182 Å². The lowest BCUT2D eigenvalue weighted by molar-refractivity contribution is -0.365. The molecule has 0 aromatic carbocycles. The molecule has 24 atom stereocenters. The van der Waals surface area contributed by atoms with Gasteiger partial charge in [-0.2, -0.15) is 0 Å². The zero-order valence-electron chi connectivity index (χ0n) is 34.2. The van der Waals surface area contributed by atoms with Gasteiger partial charge in [-0.15, -0.1) is 0 Å². The Morgan fingerprint density at radius 3 is 2.02 bits per heavy atom. The summed E-state index contributed by atoms with van der Waals surface area (Å²) in [6.45, 7) is 2.91. The molecule has 8 fully saturated rings. The van der Waals surface area contributed by atoms with Crippen molar-refractivity contribution < 1.29 is 94.1 Å². The van der Waals surface area contributed by atoms with Crippen LogP contribution >= 0.6 is 0 Å². The Morgan fingerprint density at radius 1 is 0.683 bits per heavy atom. The van der Waals surface area contributed by atoms with E-state index < -0.39 is 116 Å². The molecule has 344 valence electrons. The van der Waals surface area contributed by atoms with E-state index in [9.17, 15) is 61.0 Å². The molecule has 4 heterocycles. The monoisotopic (exact) mass is 862 g/mol. The summed E-state index contributed by atoms with van der Waals surface area (Å²) in [5.41, 5.74) is -1.63. The molecule has 0 spiro atoms. The van der Waals surface area contributed by atoms with Crippen LogP contribution in [-0.4, -0.2) is 192 Å². The summed E-state index contributed by atoms with van der Waals surface area (Å²) in [6, 6.07) is 0. The maximum atomic E-state index is 12.6. The molecular weight excluding hydrogens is 796 g/mol. The lowest BCUT2D eigenvalue weighted by Crippen LogP contribution is -2.65. The number of aliphatic hydroxyl groups excluding tert-OH is 10. The summed E-state index contributed by atoms with van der Waals surface area (Å²) in [5, 5.41) is 118. The number of cyclic esters (lactones) is 1. The number of aliphatic hydroxyl groups is 11. The molecule has 0 aromatic rings. The van der Waals surface area contributed by atoms with Crippen molar-refractivity contribution >= 4 is 5.97 Å². The molecule has 19 heteroatoms. The molecule has 60 heavy (non-hydrogen) atoms. The highest BCUT2D eigenvalue weighted by Gasteiger charge is 2.69. The van der Waals surface area contributed by atoms with E-state index in [2.05, 4.69) is 6.92 Å². The van der Waals surface area contributed by atoms with Crippen molar-refractivity contribution in [3.8, 4) is 0 Å². The smallest absolute Gasteiger partial charge is 0.306 e. The van der Waals surface area contributed by atoms with E-state index in [1.807, 2.05) is 0 Å². The van der Waals surface area contributed by atoms with Crippen molar-refractivity contribution in [3.05, 3.63) is 0 Å². The van der Waals surface area contributed by atoms with Gasteiger partial charge in [0.25, 0.3) is 0 Å². The first-order valence-corrected chi connectivity index (χ1v) is 21.9. The molecule has 8 rings (SSSR count). The number of hydrogen-bond donors (Lipinski definition) is 11. The fraction of sp³-hybridized carbons (Fsp3) is 0.976. The summed E-state index contributed by atoms with van der Waals surface area (Å²) < 4.78 is 40.2. The highest BCUT2D eigenvalue weighted by molar-refractivity contribution is 5.71. The van der Waals surface area contributed by atoms with Gasteiger partial charge >= 0.3 is 5.97 Å². The first-order valence-electron chi connectivity index (χ1n) is 21.9. The standard InChI is InChI=1S/C41H66O19/c1-17-35(60-38-33(51)30(48)28(46)25(59-38)15-55-36-32(50)29(47)27(45)24(13-42)58-36)31(49)34(52)37(56-17)57-20-5-9-40(16-43)19(12-20)3-4-23-22(40)6-8-39(2)21(7-10-41(23,39)53)18-11-26(44)54-14-18/h17-25,27-38,42-43,45-53H,3-16H2,1-2H3/t17-,18?,19?,20-,21+,22?,23?,24+,25+,27+,28+,29-,30-,31+,32+,33+,34+,35+,36+,37+,38-,39+,40?,41-/m0/s1. The van der Waals surface area contributed by atoms with E-state index in [0.717, 1.165) is 32.1 Å². The number of carbonyl (C=O) groups is 1. The van der Waals surface area contributed by atoms with Crippen LogP contribution in [0.15, 0.2) is 0 Å². The number of esters is 1. The normalized spacial score (nSPS) is 55.8. The maximum absolute atomic E-state index is 12.6. The minimum atomic E-state index is -1.83. The molecule has 0 radical (unpaired) electrons. The molecule has 8 aliphatic rings. The molecule has 4 aliphatic carbocycles. The van der Waals surface area contributed by atoms with E-state index in [1.54, 1.807) is 6.92 Å². The molecule has 4 saturated carbocycles. The quantitative estimate of drug-likeness (QED) is 0.0779. The van der Waals surface area contributed by atoms with Crippen molar-refractivity contribution in [2.75, 3.05) is 26.4 Å². The lowest BCUT2D eigenvalue weighted by Gasteiger charge is -2.64. The Bertz CT molecular complexity index is 1510. The predicted molar refractivity (Wildman–Crippen MR) is 200 cm³/mol. The van der Waals surface area contributed by atoms with Crippen LogP contribution in [-0.2, 0) is 38.0 Å². The van der Waals surface area contributed by atoms with Gasteiger partial charge in [0.1, 0.15) is 67.1 Å². The number of hydrogen-bond acceptors (Lipinski definition) is 19. The second-order valence-corrected chi connectivity index (χ2v) is 19.4. The molecule has 5 unspecified atom stereocenters. The van der Waals surface area contributed by atoms with E-state index in [0.29, 0.717) is 38.7 Å². The first-order chi connectivity index (χ1) is 28.5. The Hall–Kier alpha value is -1.21. The molecule has 4 aliphatic heterocycles. The molecule has 4 saturated heterocycles. The third kappa shape index (κ3) is 7.47. The molecule has 19 nitrogen and oxygen atoms in total. The zero-order valence-corrected chi connectivity index (χ0v) is 34.2. The third-order valence-electron chi connectivity index (χ3n) is 16.7. The van der Waals surface area contributed by atoms with Crippen molar-refractivity contribution in [2.24, 2.45) is 40.4 Å². The second kappa shape index (κ2) is 17.3. The average molecular weight is 863 g/mol. The van der Waals surface area contributed by atoms with Gasteiger partial charge in [0, 0.05) is 12.5 Å². The average Bonchev–Trinajstić information content (AvgIpc) is 3.79. The Balaban J connectivity index is 0.869. The van der Waals surface area contributed by atoms with Crippen molar-refractivity contribution in [1.82, 2.24) is 0 Å². The van der Waals surface area contributed by atoms with E-state index in [1.165, 1.54) is 0 Å². The molecule has 11 N–H and O–H groups in total. The van der Waals surface area contributed by atoms with Crippen molar-refractivity contribution in [1.29, 1.82) is 0 Å². The largest absolute Gasteiger partial charge is 0.465 e. The highest BCUT2D eigenvalue weighted by atomic mass is 16.8. The van der Waals surface area contributed by atoms with Crippen LogP contribution in [0.1, 0.15) is 78.1 Å². The summed E-state index contributed by atoms with van der Waals surface area (Å²) in [7, 11) is 0. The van der Waals surface area contributed by atoms with Crippen LogP contribution in [0.4, 0.5) is 0 Å². The third-order valence-corrected chi connectivity index (χ3v) is 16.7. The zero-order chi connectivity index (χ0) is 43.1. The molecule has 0 aromatic heterocycles. The SMILES string of the molecule is C[C@@H]1O[C@H](O[C@H]2CCC3(CO)C(CCC4C3CC[C@]3(C)[C@@H](C5COC(=O)C5)CC[C@]43O)C2)[C@H](O)[C@@H](O)[C@@H]1O[C@@H]1O[C@H](CO[C@@H]2O[C@H](CO)[C@@H](O)[C@H](O)[C@H]2O)[C@@H](O)[C@H](O)[C@H]1O. The Labute approximate surface area is 348 Å². The summed E-state index contributed by atoms with van der Waals surface area (Å²) in [6.07, 6.45) is -16.4. The van der Waals surface area contributed by atoms with Gasteiger partial charge in [-0.25, -0.2) is 0 Å². The fourth-order valence-corrected chi connectivity index (χ4v) is 13.2. The van der Waals surface area contributed by atoms with Gasteiger partial charge in [-0.1, -0.05) is 6.92 Å². The van der Waals surface area contributed by atoms with Crippen LogP contribution in [0.2, 0.25) is 0 Å². The van der Waals surface area contributed by atoms with Gasteiger partial charge in [-0.3, -0.25) is 4.79 Å². The minimum absolute atomic E-state index is 0.00832. The van der Waals surface area contributed by atoms with Gasteiger partial charge in [0.05, 0.1) is 44.1 Å². The first kappa shape index (κ1) is 45.4. The van der Waals surface area contributed by atoms with Crippen LogP contribution < -0.4 is 0 Å². The molecule has 0 amide bonds. The van der Waals surface area contributed by atoms with E-state index >= 15 is 0 Å². The van der Waals surface area contributed by atoms with Crippen LogP contribution in [0, 0.1) is 40.4 Å². The number of carbonyl (C=O) groups excluding carboxylic acids is 1. The summed E-state index contributed by atoms with van der Waals surface area (Å²) >= 11 is 0. The minimum Gasteiger partial charge on any atom is -0.465 e. The van der Waals surface area contributed by atoms with Crippen LogP contribution in [0.3, 0.4) is 0 Å². The number of ether oxygens (including phenoxy) is 7. The van der Waals surface area contributed by atoms with Gasteiger partial charge < -0.3 is 89.3 Å². The topological polar surface area (TPSA) is 304 Å². The van der Waals surface area contributed by atoms with E-state index in [4.69, 9.17) is 33.2 Å². The van der Waals surface area contributed by atoms with Gasteiger partial charge in [0.15, 0.2) is 18.9 Å². The summed E-state index contributed by atoms with van der Waals surface area (Å²) in [5.74, 6) is 0.396. The summed E-state index contributed by atoms with van der Waals surface area (Å²) in [4.78, 5) is 12.0. The predicted octanol–water partition coefficient (Wildman–Crippen LogP) is -2.84. The number of fused-ring (bicyclic) bond motifs is 5. The fourth-order valence-electron chi connectivity index (χ4n) is 13.2. The lowest BCUT2D eigenvalue weighted by atomic mass is 9.42. The van der Waals surface area contributed by atoms with E-state index in [-0.39, 0.29) is 53.7 Å². The molecular formula is C41H66O19. The van der Waals surface area contributed by atoms with Crippen molar-refractivity contribution in [3.63, 3.8) is 0 Å². The Morgan fingerprint density at radius 2 is 1.33 bits per heavy atom. The van der Waals surface area contributed by atoms with Gasteiger partial charge in [0.2, 0.25) is 0 Å². The second-order valence-electron chi connectivity index (χ2n) is 19.4. The number of rotatable bonds is 10. The van der Waals surface area contributed by atoms with Crippen LogP contribution in [0.5, 0.6) is 0 Å². The Kier molecular flexibility index (Phi) is 13.1. The maximum Gasteiger partial charge on any atom is 0.306 e. The van der Waals surface area contributed by atoms with Gasteiger partial charge in [-0.05, 0) is 99.2 Å².